The van der Waals surface area contributed by atoms with Crippen molar-refractivity contribution < 1.29 is 9.47 Å². The van der Waals surface area contributed by atoms with E-state index in [0.29, 0.717) is 0 Å². The first-order valence-electron chi connectivity index (χ1n) is 6.62. The third kappa shape index (κ3) is 3.11. The minimum absolute atomic E-state index is 0.0112. The Morgan fingerprint density at radius 3 is 2.65 bits per heavy atom. The van der Waals surface area contributed by atoms with E-state index in [1.165, 1.54) is 5.56 Å². The van der Waals surface area contributed by atoms with Crippen LogP contribution in [0.25, 0.3) is 0 Å². The van der Waals surface area contributed by atoms with E-state index in [-0.39, 0.29) is 6.04 Å². The second-order valence-corrected chi connectivity index (χ2v) is 4.74. The summed E-state index contributed by atoms with van der Waals surface area (Å²) in [7, 11) is 3.28. The molecule has 0 saturated carbocycles. The van der Waals surface area contributed by atoms with Crippen molar-refractivity contribution in [3.05, 3.63) is 42.0 Å². The first-order valence-corrected chi connectivity index (χ1v) is 6.62. The number of hydrogen-bond acceptors (Lipinski definition) is 4. The molecule has 0 radical (unpaired) electrons. The number of ether oxygens (including phenoxy) is 2. The largest absolute Gasteiger partial charge is 0.493 e. The van der Waals surface area contributed by atoms with Crippen molar-refractivity contribution in [1.82, 2.24) is 9.55 Å². The SMILES string of the molecule is COc1ccc(CCn2cncc2[C@@H](C)N)cc1OC. The van der Waals surface area contributed by atoms with Crippen LogP contribution in [0, 0.1) is 0 Å². The Balaban J connectivity index is 2.09. The highest BCUT2D eigenvalue weighted by molar-refractivity contribution is 5.42. The Morgan fingerprint density at radius 1 is 1.25 bits per heavy atom. The first kappa shape index (κ1) is 14.4. The number of benzene rings is 1. The zero-order valence-corrected chi connectivity index (χ0v) is 12.2. The summed E-state index contributed by atoms with van der Waals surface area (Å²) in [5.74, 6) is 1.50. The van der Waals surface area contributed by atoms with Gasteiger partial charge in [0, 0.05) is 18.8 Å². The third-order valence-electron chi connectivity index (χ3n) is 3.30. The standard InChI is InChI=1S/C15H21N3O2/c1-11(16)13-9-17-10-18(13)7-6-12-4-5-14(19-2)15(8-12)20-3/h4-5,8-11H,6-7,16H2,1-3H3/t11-/m1/s1. The van der Waals surface area contributed by atoms with E-state index in [1.54, 1.807) is 14.2 Å². The summed E-state index contributed by atoms with van der Waals surface area (Å²) >= 11 is 0. The van der Waals surface area contributed by atoms with Gasteiger partial charge in [-0.25, -0.2) is 4.98 Å². The summed E-state index contributed by atoms with van der Waals surface area (Å²) in [6.07, 6.45) is 4.52. The maximum absolute atomic E-state index is 5.91. The molecule has 2 N–H and O–H groups in total. The van der Waals surface area contributed by atoms with Gasteiger partial charge >= 0.3 is 0 Å². The third-order valence-corrected chi connectivity index (χ3v) is 3.30. The van der Waals surface area contributed by atoms with Crippen molar-refractivity contribution in [2.24, 2.45) is 5.73 Å². The van der Waals surface area contributed by atoms with Gasteiger partial charge in [0.15, 0.2) is 11.5 Å². The highest BCUT2D eigenvalue weighted by Crippen LogP contribution is 2.27. The van der Waals surface area contributed by atoms with Crippen LogP contribution < -0.4 is 15.2 Å². The van der Waals surface area contributed by atoms with Gasteiger partial charge in [-0.3, -0.25) is 0 Å². The fraction of sp³-hybridized carbons (Fsp3) is 0.400. The first-order chi connectivity index (χ1) is 9.65. The van der Waals surface area contributed by atoms with Gasteiger partial charge < -0.3 is 19.8 Å². The van der Waals surface area contributed by atoms with Gasteiger partial charge in [0.25, 0.3) is 0 Å². The Bertz CT molecular complexity index is 564. The molecule has 0 saturated heterocycles. The minimum Gasteiger partial charge on any atom is -0.493 e. The maximum atomic E-state index is 5.91. The minimum atomic E-state index is -0.0112. The topological polar surface area (TPSA) is 62.3 Å². The van der Waals surface area contributed by atoms with Gasteiger partial charge in [0.2, 0.25) is 0 Å². The zero-order chi connectivity index (χ0) is 14.5. The second kappa shape index (κ2) is 6.43. The van der Waals surface area contributed by atoms with Crippen LogP contribution in [0.4, 0.5) is 0 Å². The number of aromatic nitrogens is 2. The monoisotopic (exact) mass is 275 g/mol. The lowest BCUT2D eigenvalue weighted by molar-refractivity contribution is 0.354. The Labute approximate surface area is 119 Å². The van der Waals surface area contributed by atoms with Crippen molar-refractivity contribution in [3.8, 4) is 11.5 Å². The molecule has 0 aliphatic heterocycles. The van der Waals surface area contributed by atoms with E-state index in [0.717, 1.165) is 30.2 Å². The predicted octanol–water partition coefficient (Wildman–Crippen LogP) is 2.16. The highest BCUT2D eigenvalue weighted by Gasteiger charge is 2.08. The van der Waals surface area contributed by atoms with Crippen molar-refractivity contribution in [2.75, 3.05) is 14.2 Å². The van der Waals surface area contributed by atoms with E-state index in [4.69, 9.17) is 15.2 Å². The lowest BCUT2D eigenvalue weighted by Gasteiger charge is -2.12. The molecule has 0 fully saturated rings. The van der Waals surface area contributed by atoms with Gasteiger partial charge in [0.1, 0.15) is 0 Å². The molecule has 1 heterocycles. The van der Waals surface area contributed by atoms with Crippen LogP contribution in [0.3, 0.4) is 0 Å². The number of hydrogen-bond donors (Lipinski definition) is 1. The van der Waals surface area contributed by atoms with Crippen molar-refractivity contribution in [1.29, 1.82) is 0 Å². The zero-order valence-electron chi connectivity index (χ0n) is 12.2. The van der Waals surface area contributed by atoms with Gasteiger partial charge in [-0.15, -0.1) is 0 Å². The van der Waals surface area contributed by atoms with E-state index >= 15 is 0 Å². The normalized spacial score (nSPS) is 12.2. The highest BCUT2D eigenvalue weighted by atomic mass is 16.5. The van der Waals surface area contributed by atoms with Crippen LogP contribution >= 0.6 is 0 Å². The van der Waals surface area contributed by atoms with Crippen LogP contribution in [0.2, 0.25) is 0 Å². The van der Waals surface area contributed by atoms with Gasteiger partial charge in [-0.1, -0.05) is 6.07 Å². The summed E-state index contributed by atoms with van der Waals surface area (Å²) in [5, 5.41) is 0. The number of nitrogens with zero attached hydrogens (tertiary/aromatic N) is 2. The molecule has 1 atom stereocenters. The van der Waals surface area contributed by atoms with Crippen molar-refractivity contribution in [3.63, 3.8) is 0 Å². The molecular weight excluding hydrogens is 254 g/mol. The summed E-state index contributed by atoms with van der Waals surface area (Å²) in [4.78, 5) is 4.16. The summed E-state index contributed by atoms with van der Waals surface area (Å²) < 4.78 is 12.6. The molecule has 0 amide bonds. The fourth-order valence-electron chi connectivity index (χ4n) is 2.18. The molecule has 2 aromatic rings. The number of imidazole rings is 1. The molecule has 0 aliphatic rings. The smallest absolute Gasteiger partial charge is 0.160 e. The fourth-order valence-corrected chi connectivity index (χ4v) is 2.18. The molecular formula is C15H21N3O2. The molecule has 0 bridgehead atoms. The van der Waals surface area contributed by atoms with Crippen molar-refractivity contribution in [2.45, 2.75) is 25.9 Å². The van der Waals surface area contributed by atoms with Crippen LogP contribution in [0.15, 0.2) is 30.7 Å². The second-order valence-electron chi connectivity index (χ2n) is 4.74. The molecule has 5 heteroatoms. The van der Waals surface area contributed by atoms with Gasteiger partial charge in [-0.2, -0.15) is 0 Å². The molecule has 0 spiro atoms. The summed E-state index contributed by atoms with van der Waals surface area (Å²) in [6.45, 7) is 2.80. The van der Waals surface area contributed by atoms with E-state index < -0.39 is 0 Å². The average molecular weight is 275 g/mol. The van der Waals surface area contributed by atoms with Crippen LogP contribution in [-0.2, 0) is 13.0 Å². The van der Waals surface area contributed by atoms with Crippen molar-refractivity contribution >= 4 is 0 Å². The Kier molecular flexibility index (Phi) is 4.63. The molecule has 0 aliphatic carbocycles. The molecule has 5 nitrogen and oxygen atoms in total. The molecule has 1 aromatic carbocycles. The van der Waals surface area contributed by atoms with Gasteiger partial charge in [-0.05, 0) is 31.0 Å². The van der Waals surface area contributed by atoms with E-state index in [1.807, 2.05) is 37.6 Å². The summed E-state index contributed by atoms with van der Waals surface area (Å²) in [6, 6.07) is 5.96. The average Bonchev–Trinajstić information content (AvgIpc) is 2.93. The number of aryl methyl sites for hydroxylation is 2. The number of nitrogens with two attached hydrogens (primary N) is 1. The summed E-state index contributed by atoms with van der Waals surface area (Å²) in [5.41, 5.74) is 8.15. The Morgan fingerprint density at radius 2 is 2.00 bits per heavy atom. The lowest BCUT2D eigenvalue weighted by Crippen LogP contribution is -2.12. The molecule has 2 rings (SSSR count). The van der Waals surface area contributed by atoms with E-state index in [9.17, 15) is 0 Å². The molecule has 108 valence electrons. The van der Waals surface area contributed by atoms with Crippen LogP contribution in [0.5, 0.6) is 11.5 Å². The maximum Gasteiger partial charge on any atom is 0.160 e. The Hall–Kier alpha value is -2.01. The quantitative estimate of drug-likeness (QED) is 0.877. The lowest BCUT2D eigenvalue weighted by atomic mass is 10.1. The van der Waals surface area contributed by atoms with Gasteiger partial charge in [0.05, 0.1) is 26.2 Å². The van der Waals surface area contributed by atoms with Crippen LogP contribution in [0.1, 0.15) is 24.2 Å². The predicted molar refractivity (Wildman–Crippen MR) is 78.1 cm³/mol. The molecule has 0 unspecified atom stereocenters. The molecule has 20 heavy (non-hydrogen) atoms. The van der Waals surface area contributed by atoms with Crippen LogP contribution in [-0.4, -0.2) is 23.8 Å². The number of methoxy groups -OCH3 is 2. The van der Waals surface area contributed by atoms with E-state index in [2.05, 4.69) is 9.55 Å². The molecule has 1 aromatic heterocycles. The number of rotatable bonds is 6.